The molecule has 1 fully saturated rings. The molecule has 0 spiro atoms. The number of hydrogen-bond acceptors (Lipinski definition) is 0. The van der Waals surface area contributed by atoms with Crippen LogP contribution in [0.1, 0.15) is 24.4 Å². The third-order valence-corrected chi connectivity index (χ3v) is 9.19. The summed E-state index contributed by atoms with van der Waals surface area (Å²) in [7, 11) is -1.49. The third-order valence-electron chi connectivity index (χ3n) is 5.05. The largest absolute Gasteiger partial charge is 0.0882 e. The lowest BCUT2D eigenvalue weighted by Gasteiger charge is -2.34. The van der Waals surface area contributed by atoms with Gasteiger partial charge < -0.3 is 0 Å². The summed E-state index contributed by atoms with van der Waals surface area (Å²) in [6, 6.07) is 22.4. The molecule has 2 aromatic carbocycles. The summed E-state index contributed by atoms with van der Waals surface area (Å²) in [6.07, 6.45) is 1.41. The number of rotatable bonds is 4. The van der Waals surface area contributed by atoms with Crippen LogP contribution in [0, 0.1) is 11.8 Å². The van der Waals surface area contributed by atoms with Crippen molar-refractivity contribution in [2.45, 2.75) is 32.0 Å². The van der Waals surface area contributed by atoms with Crippen LogP contribution in [0.3, 0.4) is 0 Å². The molecule has 0 aromatic heterocycles. The Labute approximate surface area is 123 Å². The summed E-state index contributed by atoms with van der Waals surface area (Å²) in [5.41, 5.74) is 2.31. The molecule has 0 N–H and O–H groups in total. The van der Waals surface area contributed by atoms with Gasteiger partial charge in [0.15, 0.2) is 0 Å². The van der Waals surface area contributed by atoms with Crippen molar-refractivity contribution in [3.8, 4) is 0 Å². The van der Waals surface area contributed by atoms with Crippen molar-refractivity contribution in [3.05, 3.63) is 66.2 Å². The van der Waals surface area contributed by atoms with Crippen LogP contribution >= 0.6 is 0 Å². The maximum absolute atomic E-state index is 2.55. The van der Waals surface area contributed by atoms with E-state index in [1.54, 1.807) is 10.8 Å². The molecule has 104 valence electrons. The fourth-order valence-electron chi connectivity index (χ4n) is 3.72. The fraction of sp³-hybridized carbons (Fsp3) is 0.368. The van der Waals surface area contributed by atoms with Crippen LogP contribution in [0.5, 0.6) is 0 Å². The van der Waals surface area contributed by atoms with E-state index in [4.69, 9.17) is 0 Å². The van der Waals surface area contributed by atoms with Gasteiger partial charge in [0, 0.05) is 0 Å². The van der Waals surface area contributed by atoms with Crippen molar-refractivity contribution >= 4 is 13.3 Å². The molecule has 2 aromatic rings. The van der Waals surface area contributed by atoms with Crippen molar-refractivity contribution in [2.24, 2.45) is 11.8 Å². The minimum absolute atomic E-state index is 0.751. The van der Waals surface area contributed by atoms with Crippen molar-refractivity contribution in [1.29, 1.82) is 0 Å². The number of hydrogen-bond donors (Lipinski definition) is 0. The highest BCUT2D eigenvalue weighted by Crippen LogP contribution is 2.51. The predicted octanol–water partition coefficient (Wildman–Crippen LogP) is 4.58. The first-order chi connectivity index (χ1) is 9.60. The van der Waals surface area contributed by atoms with Crippen LogP contribution in [0.15, 0.2) is 60.7 Å². The Balaban J connectivity index is 2.02. The predicted molar refractivity (Wildman–Crippen MR) is 90.0 cm³/mol. The van der Waals surface area contributed by atoms with E-state index in [0.29, 0.717) is 0 Å². The highest BCUT2D eigenvalue weighted by Gasteiger charge is 2.48. The monoisotopic (exact) mass is 280 g/mol. The Hall–Kier alpha value is -1.34. The van der Waals surface area contributed by atoms with Crippen molar-refractivity contribution in [1.82, 2.24) is 0 Å². The van der Waals surface area contributed by atoms with Gasteiger partial charge in [0.1, 0.15) is 0 Å². The molecule has 1 aliphatic carbocycles. The summed E-state index contributed by atoms with van der Waals surface area (Å²) in [5.74, 6) is 1.79. The third kappa shape index (κ3) is 2.47. The molecule has 0 saturated heterocycles. The van der Waals surface area contributed by atoms with Crippen molar-refractivity contribution in [3.63, 3.8) is 0 Å². The summed E-state index contributed by atoms with van der Waals surface area (Å²) in [6.45, 7) is 7.51. The standard InChI is InChI=1S/C19H24Si/c1-15-14-18(15)19(16-10-6-4-7-11-16)20(2,3)17-12-8-5-9-13-17/h4-13,15,18-19H,14H2,1-3H3/t15-,18-,19-/m0/s1. The lowest BCUT2D eigenvalue weighted by Crippen LogP contribution is -2.48. The Bertz CT molecular complexity index is 559. The summed E-state index contributed by atoms with van der Waals surface area (Å²) < 4.78 is 0. The highest BCUT2D eigenvalue weighted by atomic mass is 28.3. The van der Waals surface area contributed by atoms with E-state index in [0.717, 1.165) is 17.4 Å². The van der Waals surface area contributed by atoms with E-state index >= 15 is 0 Å². The minimum atomic E-state index is -1.49. The summed E-state index contributed by atoms with van der Waals surface area (Å²) >= 11 is 0. The zero-order valence-electron chi connectivity index (χ0n) is 12.7. The van der Waals surface area contributed by atoms with Crippen LogP contribution in [-0.2, 0) is 0 Å². The van der Waals surface area contributed by atoms with Gasteiger partial charge in [0.25, 0.3) is 0 Å². The molecular weight excluding hydrogens is 256 g/mol. The van der Waals surface area contributed by atoms with E-state index in [9.17, 15) is 0 Å². The normalized spacial score (nSPS) is 23.4. The van der Waals surface area contributed by atoms with Gasteiger partial charge in [-0.3, -0.25) is 0 Å². The Morgan fingerprint density at radius 1 is 0.900 bits per heavy atom. The van der Waals surface area contributed by atoms with E-state index in [1.807, 2.05) is 0 Å². The van der Waals surface area contributed by atoms with Crippen LogP contribution in [0.2, 0.25) is 13.1 Å². The molecule has 1 aliphatic rings. The first-order valence-electron chi connectivity index (χ1n) is 7.71. The summed E-state index contributed by atoms with van der Waals surface area (Å²) in [4.78, 5) is 0. The summed E-state index contributed by atoms with van der Waals surface area (Å²) in [5, 5.41) is 1.59. The molecule has 1 heteroatoms. The quantitative estimate of drug-likeness (QED) is 0.719. The zero-order valence-corrected chi connectivity index (χ0v) is 13.7. The van der Waals surface area contributed by atoms with Gasteiger partial charge >= 0.3 is 0 Å². The average molecular weight is 280 g/mol. The average Bonchev–Trinajstić information content (AvgIpc) is 3.17. The first kappa shape index (κ1) is 13.6. The second kappa shape index (κ2) is 5.21. The molecule has 0 amide bonds. The van der Waals surface area contributed by atoms with E-state index in [1.165, 1.54) is 6.42 Å². The van der Waals surface area contributed by atoms with Gasteiger partial charge in [-0.15, -0.1) is 0 Å². The number of benzene rings is 2. The Kier molecular flexibility index (Phi) is 3.55. The van der Waals surface area contributed by atoms with E-state index in [-0.39, 0.29) is 0 Å². The van der Waals surface area contributed by atoms with Crippen molar-refractivity contribution < 1.29 is 0 Å². The second-order valence-electron chi connectivity index (χ2n) is 6.85. The molecule has 0 nitrogen and oxygen atoms in total. The Morgan fingerprint density at radius 2 is 1.40 bits per heavy atom. The van der Waals surface area contributed by atoms with Gasteiger partial charge in [0.2, 0.25) is 0 Å². The molecule has 3 rings (SSSR count). The van der Waals surface area contributed by atoms with Gasteiger partial charge in [-0.1, -0.05) is 85.9 Å². The highest BCUT2D eigenvalue weighted by molar-refractivity contribution is 6.91. The van der Waals surface area contributed by atoms with E-state index in [2.05, 4.69) is 80.7 Å². The first-order valence-corrected chi connectivity index (χ1v) is 10.8. The SMILES string of the molecule is C[C@H]1C[C@@H]1[C@H](c1ccccc1)[Si](C)(C)c1ccccc1. The molecule has 0 aliphatic heterocycles. The molecule has 0 heterocycles. The maximum Gasteiger partial charge on any atom is 0.0882 e. The van der Waals surface area contributed by atoms with Crippen LogP contribution in [0.25, 0.3) is 0 Å². The molecule has 1 saturated carbocycles. The Morgan fingerprint density at radius 3 is 1.90 bits per heavy atom. The smallest absolute Gasteiger partial charge is 0.0650 e. The van der Waals surface area contributed by atoms with Gasteiger partial charge in [-0.05, 0) is 29.4 Å². The molecular formula is C19H24Si. The van der Waals surface area contributed by atoms with Gasteiger partial charge in [-0.25, -0.2) is 0 Å². The van der Waals surface area contributed by atoms with Gasteiger partial charge in [0.05, 0.1) is 8.07 Å². The molecule has 20 heavy (non-hydrogen) atoms. The maximum atomic E-state index is 2.55. The van der Waals surface area contributed by atoms with E-state index < -0.39 is 8.07 Å². The van der Waals surface area contributed by atoms with Crippen molar-refractivity contribution in [2.75, 3.05) is 0 Å². The molecule has 0 unspecified atom stereocenters. The second-order valence-corrected chi connectivity index (χ2v) is 11.5. The lowest BCUT2D eigenvalue weighted by molar-refractivity contribution is 0.702. The van der Waals surface area contributed by atoms with Crippen LogP contribution in [0.4, 0.5) is 0 Å². The van der Waals surface area contributed by atoms with Crippen LogP contribution < -0.4 is 5.19 Å². The minimum Gasteiger partial charge on any atom is -0.0650 e. The zero-order chi connectivity index (χ0) is 14.2. The van der Waals surface area contributed by atoms with Crippen LogP contribution in [-0.4, -0.2) is 8.07 Å². The topological polar surface area (TPSA) is 0 Å². The van der Waals surface area contributed by atoms with Gasteiger partial charge in [-0.2, -0.15) is 0 Å². The lowest BCUT2D eigenvalue weighted by atomic mass is 10.1. The molecule has 0 bridgehead atoms. The fourth-order valence-corrected chi connectivity index (χ4v) is 7.69. The molecule has 3 atom stereocenters. The molecule has 0 radical (unpaired) electrons.